The van der Waals surface area contributed by atoms with Crippen LogP contribution in [0.5, 0.6) is 0 Å². The van der Waals surface area contributed by atoms with Crippen molar-refractivity contribution in [3.63, 3.8) is 0 Å². The van der Waals surface area contributed by atoms with Gasteiger partial charge in [-0.1, -0.05) is 6.07 Å². The van der Waals surface area contributed by atoms with E-state index in [1.807, 2.05) is 6.07 Å². The molecule has 8 nitrogen and oxygen atoms in total. The maximum atomic E-state index is 12.2. The molecule has 2 aromatic rings. The van der Waals surface area contributed by atoms with Crippen molar-refractivity contribution in [2.75, 3.05) is 13.2 Å². The van der Waals surface area contributed by atoms with Crippen LogP contribution in [0.25, 0.3) is 11.4 Å². The molecule has 2 heterocycles. The van der Waals surface area contributed by atoms with Crippen LogP contribution in [0.1, 0.15) is 38.2 Å². The second-order valence-corrected chi connectivity index (χ2v) is 6.50. The van der Waals surface area contributed by atoms with Crippen molar-refractivity contribution in [3.8, 4) is 11.4 Å². The average Bonchev–Trinajstić information content (AvgIpc) is 2.98. The van der Waals surface area contributed by atoms with Crippen LogP contribution < -0.4 is 5.32 Å². The number of hydrogen-bond acceptors (Lipinski definition) is 6. The van der Waals surface area contributed by atoms with Crippen LogP contribution in [-0.2, 0) is 16.0 Å². The number of carbonyl (C=O) groups is 2. The van der Waals surface area contributed by atoms with E-state index < -0.39 is 17.7 Å². The van der Waals surface area contributed by atoms with Crippen LogP contribution in [0, 0.1) is 0 Å². The molecule has 0 bridgehead atoms. The fraction of sp³-hybridized carbons (Fsp3) is 0.444. The molecule has 2 rings (SSSR count). The molecule has 0 unspecified atom stereocenters. The van der Waals surface area contributed by atoms with E-state index in [1.165, 1.54) is 4.68 Å². The van der Waals surface area contributed by atoms with Crippen LogP contribution in [0.15, 0.2) is 30.5 Å². The van der Waals surface area contributed by atoms with Gasteiger partial charge in [0.05, 0.1) is 18.8 Å². The van der Waals surface area contributed by atoms with E-state index in [0.717, 1.165) is 0 Å². The molecule has 1 N–H and O–H groups in total. The van der Waals surface area contributed by atoms with Gasteiger partial charge in [0, 0.05) is 18.8 Å². The summed E-state index contributed by atoms with van der Waals surface area (Å²) in [4.78, 5) is 28.2. The first kappa shape index (κ1) is 19.4. The maximum Gasteiger partial charge on any atom is 0.407 e. The number of hydrogen-bond donors (Lipinski definition) is 1. The van der Waals surface area contributed by atoms with Crippen LogP contribution >= 0.6 is 0 Å². The zero-order valence-electron chi connectivity index (χ0n) is 15.5. The topological polar surface area (TPSA) is 95.3 Å². The molecule has 0 aliphatic rings. The molecular weight excluding hydrogens is 336 g/mol. The van der Waals surface area contributed by atoms with Gasteiger partial charge in [0.2, 0.25) is 0 Å². The highest BCUT2D eigenvalue weighted by molar-refractivity contribution is 5.88. The second kappa shape index (κ2) is 8.46. The van der Waals surface area contributed by atoms with Crippen molar-refractivity contribution >= 4 is 12.1 Å². The number of aromatic nitrogens is 3. The minimum atomic E-state index is -0.571. The molecule has 0 aliphatic carbocycles. The summed E-state index contributed by atoms with van der Waals surface area (Å²) in [5.41, 5.74) is 0.944. The third-order valence-electron chi connectivity index (χ3n) is 3.18. The highest BCUT2D eigenvalue weighted by Gasteiger charge is 2.19. The summed E-state index contributed by atoms with van der Waals surface area (Å²) in [5.74, 6) is -0.473. The normalized spacial score (nSPS) is 11.1. The molecule has 0 saturated heterocycles. The number of pyridine rings is 1. The van der Waals surface area contributed by atoms with Crippen LogP contribution in [0.2, 0.25) is 0 Å². The molecule has 0 radical (unpaired) electrons. The zero-order valence-corrected chi connectivity index (χ0v) is 15.5. The number of alkyl carbamates (subject to hydrolysis) is 1. The van der Waals surface area contributed by atoms with Gasteiger partial charge >= 0.3 is 12.1 Å². The Bertz CT molecular complexity index is 750. The highest BCUT2D eigenvalue weighted by atomic mass is 16.6. The van der Waals surface area contributed by atoms with E-state index in [9.17, 15) is 9.59 Å². The van der Waals surface area contributed by atoms with Crippen molar-refractivity contribution in [2.24, 2.45) is 0 Å². The number of ether oxygens (including phenoxy) is 2. The largest absolute Gasteiger partial charge is 0.461 e. The first-order valence-corrected chi connectivity index (χ1v) is 8.43. The predicted octanol–water partition coefficient (Wildman–Crippen LogP) is 2.65. The number of nitrogens with zero attached hydrogens (tertiary/aromatic N) is 3. The van der Waals surface area contributed by atoms with Gasteiger partial charge in [0.25, 0.3) is 0 Å². The third-order valence-corrected chi connectivity index (χ3v) is 3.18. The Morgan fingerprint density at radius 1 is 1.23 bits per heavy atom. The van der Waals surface area contributed by atoms with Crippen LogP contribution in [0.3, 0.4) is 0 Å². The summed E-state index contributed by atoms with van der Waals surface area (Å²) in [6.07, 6.45) is 1.13. The Morgan fingerprint density at radius 2 is 2.00 bits per heavy atom. The second-order valence-electron chi connectivity index (χ2n) is 6.50. The lowest BCUT2D eigenvalue weighted by molar-refractivity contribution is 0.0512. The summed E-state index contributed by atoms with van der Waals surface area (Å²) >= 11 is 0. The fourth-order valence-electron chi connectivity index (χ4n) is 2.17. The van der Waals surface area contributed by atoms with Crippen LogP contribution in [0.4, 0.5) is 4.79 Å². The first-order valence-electron chi connectivity index (χ1n) is 8.43. The number of nitrogens with one attached hydrogen (secondary N) is 1. The molecular formula is C18H24N4O4. The molecule has 1 amide bonds. The monoisotopic (exact) mass is 360 g/mol. The number of carbonyl (C=O) groups excluding carboxylic acids is 2. The Labute approximate surface area is 152 Å². The Hall–Kier alpha value is -2.90. The van der Waals surface area contributed by atoms with Gasteiger partial charge in [-0.05, 0) is 39.8 Å². The number of amides is 1. The van der Waals surface area contributed by atoms with Crippen molar-refractivity contribution in [1.29, 1.82) is 0 Å². The lowest BCUT2D eigenvalue weighted by atomic mass is 10.2. The lowest BCUT2D eigenvalue weighted by Gasteiger charge is -2.19. The summed E-state index contributed by atoms with van der Waals surface area (Å²) < 4.78 is 11.8. The smallest absolute Gasteiger partial charge is 0.407 e. The minimum absolute atomic E-state index is 0.255. The Morgan fingerprint density at radius 3 is 2.62 bits per heavy atom. The van der Waals surface area contributed by atoms with E-state index in [-0.39, 0.29) is 13.2 Å². The van der Waals surface area contributed by atoms with Crippen molar-refractivity contribution < 1.29 is 19.1 Å². The van der Waals surface area contributed by atoms with E-state index in [1.54, 1.807) is 52.1 Å². The molecule has 0 aliphatic heterocycles. The van der Waals surface area contributed by atoms with E-state index >= 15 is 0 Å². The molecule has 26 heavy (non-hydrogen) atoms. The average molecular weight is 360 g/mol. The third kappa shape index (κ3) is 5.58. The number of rotatable bonds is 6. The zero-order chi connectivity index (χ0) is 19.2. The van der Waals surface area contributed by atoms with Crippen molar-refractivity contribution in [3.05, 3.63) is 36.2 Å². The SMILES string of the molecule is CCOC(=O)c1cc(-c2ccccn2)nn1CCNC(=O)OC(C)(C)C. The van der Waals surface area contributed by atoms with Gasteiger partial charge in [-0.2, -0.15) is 5.10 Å². The summed E-state index contributed by atoms with van der Waals surface area (Å²) in [6.45, 7) is 7.92. The minimum Gasteiger partial charge on any atom is -0.461 e. The maximum absolute atomic E-state index is 12.2. The molecule has 0 atom stereocenters. The molecule has 0 fully saturated rings. The van der Waals surface area contributed by atoms with E-state index in [2.05, 4.69) is 15.4 Å². The lowest BCUT2D eigenvalue weighted by Crippen LogP contribution is -2.34. The quantitative estimate of drug-likeness (QED) is 0.796. The van der Waals surface area contributed by atoms with Gasteiger partial charge in [-0.3, -0.25) is 9.67 Å². The van der Waals surface area contributed by atoms with Gasteiger partial charge in [0.15, 0.2) is 0 Å². The van der Waals surface area contributed by atoms with Crippen LogP contribution in [-0.4, -0.2) is 45.6 Å². The summed E-state index contributed by atoms with van der Waals surface area (Å²) in [6, 6.07) is 7.08. The first-order chi connectivity index (χ1) is 12.3. The van der Waals surface area contributed by atoms with Crippen molar-refractivity contribution in [2.45, 2.75) is 39.8 Å². The van der Waals surface area contributed by atoms with Gasteiger partial charge in [0.1, 0.15) is 17.0 Å². The number of esters is 1. The van der Waals surface area contributed by atoms with Gasteiger partial charge < -0.3 is 14.8 Å². The molecule has 8 heteroatoms. The van der Waals surface area contributed by atoms with E-state index in [0.29, 0.717) is 23.6 Å². The Balaban J connectivity index is 2.11. The molecule has 0 saturated carbocycles. The molecule has 0 aromatic carbocycles. The fourth-order valence-corrected chi connectivity index (χ4v) is 2.17. The molecule has 0 spiro atoms. The Kier molecular flexibility index (Phi) is 6.32. The van der Waals surface area contributed by atoms with Gasteiger partial charge in [-0.15, -0.1) is 0 Å². The van der Waals surface area contributed by atoms with Crippen molar-refractivity contribution in [1.82, 2.24) is 20.1 Å². The summed E-state index contributed by atoms with van der Waals surface area (Å²) in [5, 5.41) is 7.06. The highest BCUT2D eigenvalue weighted by Crippen LogP contribution is 2.17. The predicted molar refractivity (Wildman–Crippen MR) is 95.7 cm³/mol. The van der Waals surface area contributed by atoms with E-state index in [4.69, 9.17) is 9.47 Å². The molecule has 140 valence electrons. The summed E-state index contributed by atoms with van der Waals surface area (Å²) in [7, 11) is 0. The van der Waals surface area contributed by atoms with Gasteiger partial charge in [-0.25, -0.2) is 9.59 Å². The molecule has 2 aromatic heterocycles. The standard InChI is InChI=1S/C18H24N4O4/c1-5-25-16(23)15-12-14(13-8-6-7-9-19-13)21-22(15)11-10-20-17(24)26-18(2,3)4/h6-9,12H,5,10-11H2,1-4H3,(H,20,24).